The first-order chi connectivity index (χ1) is 5.72. The number of nitrogens with two attached hydrogens (primary N) is 1. The Morgan fingerprint density at radius 1 is 1.58 bits per heavy atom. The lowest BCUT2D eigenvalue weighted by molar-refractivity contribution is 1.41. The average molecular weight is 179 g/mol. The van der Waals surface area contributed by atoms with E-state index in [0.29, 0.717) is 5.02 Å². The summed E-state index contributed by atoms with van der Waals surface area (Å²) in [5.74, 6) is 0. The van der Waals surface area contributed by atoms with Gasteiger partial charge in [0.2, 0.25) is 0 Å². The Labute approximate surface area is 75.9 Å². The summed E-state index contributed by atoms with van der Waals surface area (Å²) >= 11 is 5.72. The van der Waals surface area contributed by atoms with Crippen LogP contribution in [0.25, 0.3) is 6.08 Å². The van der Waals surface area contributed by atoms with E-state index in [1.165, 1.54) is 0 Å². The Hall–Kier alpha value is -1.46. The van der Waals surface area contributed by atoms with Gasteiger partial charge in [-0.25, -0.2) is 0 Å². The van der Waals surface area contributed by atoms with Crippen molar-refractivity contribution in [1.29, 1.82) is 5.26 Å². The molecule has 0 aromatic heterocycles. The zero-order chi connectivity index (χ0) is 8.97. The second-order valence-corrected chi connectivity index (χ2v) is 2.70. The van der Waals surface area contributed by atoms with E-state index in [4.69, 9.17) is 22.6 Å². The van der Waals surface area contributed by atoms with Crippen LogP contribution in [0.5, 0.6) is 0 Å². The Bertz CT molecular complexity index is 350. The Morgan fingerprint density at radius 2 is 2.33 bits per heavy atom. The summed E-state index contributed by atoms with van der Waals surface area (Å²) in [5, 5.41) is 9.02. The molecule has 0 unspecified atom stereocenters. The van der Waals surface area contributed by atoms with Crippen molar-refractivity contribution < 1.29 is 0 Å². The zero-order valence-corrected chi connectivity index (χ0v) is 7.05. The highest BCUT2D eigenvalue weighted by Gasteiger charge is 1.91. The van der Waals surface area contributed by atoms with Gasteiger partial charge >= 0.3 is 0 Å². The zero-order valence-electron chi connectivity index (χ0n) is 6.29. The summed E-state index contributed by atoms with van der Waals surface area (Å²) in [7, 11) is 0. The molecule has 0 heterocycles. The molecule has 0 radical (unpaired) electrons. The van der Waals surface area contributed by atoms with Crippen LogP contribution in [0.15, 0.2) is 30.0 Å². The van der Waals surface area contributed by atoms with Crippen LogP contribution in [0.1, 0.15) is 5.56 Å². The SMILES string of the molecule is N#CC(N)=Cc1cccc(Cl)c1. The molecular formula is C9H7ClN2. The minimum Gasteiger partial charge on any atom is -0.390 e. The van der Waals surface area contributed by atoms with Gasteiger partial charge in [0.1, 0.15) is 11.8 Å². The lowest BCUT2D eigenvalue weighted by Gasteiger charge is -1.93. The molecule has 0 atom stereocenters. The van der Waals surface area contributed by atoms with Crippen LogP contribution in [0.3, 0.4) is 0 Å². The molecule has 0 saturated carbocycles. The maximum Gasteiger partial charge on any atom is 0.117 e. The summed E-state index contributed by atoms with van der Waals surface area (Å²) in [6.07, 6.45) is 1.58. The standard InChI is InChI=1S/C9H7ClN2/c10-8-3-1-2-7(4-8)5-9(12)6-11/h1-5H,12H2. The van der Waals surface area contributed by atoms with Crippen LogP contribution in [0, 0.1) is 11.3 Å². The Balaban J connectivity index is 2.99. The quantitative estimate of drug-likeness (QED) is 0.670. The number of halogens is 1. The summed E-state index contributed by atoms with van der Waals surface area (Å²) in [5.41, 5.74) is 6.32. The van der Waals surface area contributed by atoms with Gasteiger partial charge in [-0.1, -0.05) is 23.7 Å². The molecule has 0 bridgehead atoms. The first-order valence-corrected chi connectivity index (χ1v) is 3.73. The third-order valence-corrected chi connectivity index (χ3v) is 1.54. The van der Waals surface area contributed by atoms with E-state index in [1.807, 2.05) is 12.1 Å². The van der Waals surface area contributed by atoms with E-state index in [-0.39, 0.29) is 5.70 Å². The second kappa shape index (κ2) is 3.80. The van der Waals surface area contributed by atoms with Crippen molar-refractivity contribution in [3.63, 3.8) is 0 Å². The molecule has 0 fully saturated rings. The molecular weight excluding hydrogens is 172 g/mol. The van der Waals surface area contributed by atoms with Crippen molar-refractivity contribution in [3.05, 3.63) is 40.5 Å². The number of hydrogen-bond donors (Lipinski definition) is 1. The number of nitriles is 1. The van der Waals surface area contributed by atoms with Gasteiger partial charge in [-0.05, 0) is 23.8 Å². The number of nitrogens with zero attached hydrogens (tertiary/aromatic N) is 1. The minimum absolute atomic E-state index is 0.178. The normalized spacial score (nSPS) is 10.8. The fourth-order valence-corrected chi connectivity index (χ4v) is 1.01. The molecule has 1 aromatic carbocycles. The molecule has 0 aliphatic carbocycles. The maximum atomic E-state index is 8.39. The summed E-state index contributed by atoms with van der Waals surface area (Å²) < 4.78 is 0. The van der Waals surface area contributed by atoms with Gasteiger partial charge in [0.05, 0.1) is 0 Å². The molecule has 60 valence electrons. The largest absolute Gasteiger partial charge is 0.390 e. The Kier molecular flexibility index (Phi) is 2.73. The molecule has 1 rings (SSSR count). The van der Waals surface area contributed by atoms with Gasteiger partial charge in [0, 0.05) is 5.02 Å². The van der Waals surface area contributed by atoms with Crippen LogP contribution < -0.4 is 5.73 Å². The first-order valence-electron chi connectivity index (χ1n) is 3.35. The highest BCUT2D eigenvalue weighted by Crippen LogP contribution is 2.12. The van der Waals surface area contributed by atoms with E-state index in [1.54, 1.807) is 24.3 Å². The van der Waals surface area contributed by atoms with Gasteiger partial charge in [-0.3, -0.25) is 0 Å². The van der Waals surface area contributed by atoms with E-state index in [0.717, 1.165) is 5.56 Å². The molecule has 2 N–H and O–H groups in total. The average Bonchev–Trinajstić information content (AvgIpc) is 2.04. The Morgan fingerprint density at radius 3 is 2.92 bits per heavy atom. The predicted octanol–water partition coefficient (Wildman–Crippen LogP) is 2.16. The first kappa shape index (κ1) is 8.63. The molecule has 0 aliphatic rings. The molecule has 2 nitrogen and oxygen atoms in total. The van der Waals surface area contributed by atoms with Crippen molar-refractivity contribution in [2.75, 3.05) is 0 Å². The monoisotopic (exact) mass is 178 g/mol. The van der Waals surface area contributed by atoms with Gasteiger partial charge in [0.15, 0.2) is 0 Å². The van der Waals surface area contributed by atoms with Crippen molar-refractivity contribution in [3.8, 4) is 6.07 Å². The van der Waals surface area contributed by atoms with Crippen LogP contribution >= 0.6 is 11.6 Å². The summed E-state index contributed by atoms with van der Waals surface area (Å²) in [6.45, 7) is 0. The lowest BCUT2D eigenvalue weighted by Crippen LogP contribution is -1.91. The van der Waals surface area contributed by atoms with E-state index in [2.05, 4.69) is 0 Å². The smallest absolute Gasteiger partial charge is 0.117 e. The highest BCUT2D eigenvalue weighted by atomic mass is 35.5. The van der Waals surface area contributed by atoms with E-state index < -0.39 is 0 Å². The minimum atomic E-state index is 0.178. The van der Waals surface area contributed by atoms with Crippen molar-refractivity contribution in [2.24, 2.45) is 5.73 Å². The van der Waals surface area contributed by atoms with Gasteiger partial charge in [-0.15, -0.1) is 0 Å². The van der Waals surface area contributed by atoms with Crippen molar-refractivity contribution in [1.82, 2.24) is 0 Å². The van der Waals surface area contributed by atoms with Gasteiger partial charge < -0.3 is 5.73 Å². The van der Waals surface area contributed by atoms with Crippen LogP contribution in [-0.2, 0) is 0 Å². The fraction of sp³-hybridized carbons (Fsp3) is 0. The molecule has 3 heteroatoms. The molecule has 0 saturated heterocycles. The topological polar surface area (TPSA) is 49.8 Å². The number of rotatable bonds is 1. The van der Waals surface area contributed by atoms with Gasteiger partial charge in [-0.2, -0.15) is 5.26 Å². The maximum absolute atomic E-state index is 8.39. The van der Waals surface area contributed by atoms with Crippen molar-refractivity contribution >= 4 is 17.7 Å². The molecule has 1 aromatic rings. The molecule has 0 spiro atoms. The van der Waals surface area contributed by atoms with Gasteiger partial charge in [0.25, 0.3) is 0 Å². The van der Waals surface area contributed by atoms with Crippen LogP contribution in [0.4, 0.5) is 0 Å². The second-order valence-electron chi connectivity index (χ2n) is 2.27. The number of allylic oxidation sites excluding steroid dienone is 1. The highest BCUT2D eigenvalue weighted by molar-refractivity contribution is 6.30. The van der Waals surface area contributed by atoms with Crippen LogP contribution in [0.2, 0.25) is 5.02 Å². The van der Waals surface area contributed by atoms with Crippen molar-refractivity contribution in [2.45, 2.75) is 0 Å². The third kappa shape index (κ3) is 2.30. The van der Waals surface area contributed by atoms with E-state index in [9.17, 15) is 0 Å². The number of hydrogen-bond acceptors (Lipinski definition) is 2. The van der Waals surface area contributed by atoms with Crippen LogP contribution in [-0.4, -0.2) is 0 Å². The molecule has 0 aliphatic heterocycles. The summed E-state index contributed by atoms with van der Waals surface area (Å²) in [6, 6.07) is 8.97. The lowest BCUT2D eigenvalue weighted by atomic mass is 10.2. The fourth-order valence-electron chi connectivity index (χ4n) is 0.808. The summed E-state index contributed by atoms with van der Waals surface area (Å²) in [4.78, 5) is 0. The number of benzene rings is 1. The molecule has 0 amide bonds. The third-order valence-electron chi connectivity index (χ3n) is 1.30. The molecule has 12 heavy (non-hydrogen) atoms. The predicted molar refractivity (Wildman–Crippen MR) is 49.2 cm³/mol. The van der Waals surface area contributed by atoms with E-state index >= 15 is 0 Å².